The molecule has 0 spiro atoms. The molecule has 0 unspecified atom stereocenters. The Morgan fingerprint density at radius 3 is 2.53 bits per heavy atom. The zero-order chi connectivity index (χ0) is 24.5. The second-order valence-electron chi connectivity index (χ2n) is 9.19. The Kier molecular flexibility index (Phi) is 6.62. The highest BCUT2D eigenvalue weighted by molar-refractivity contribution is 7.89. The van der Waals surface area contributed by atoms with E-state index in [1.807, 2.05) is 32.2 Å². The van der Waals surface area contributed by atoms with Crippen molar-refractivity contribution in [3.05, 3.63) is 81.5 Å². The minimum absolute atomic E-state index is 0.0672. The van der Waals surface area contributed by atoms with E-state index in [1.165, 1.54) is 21.3 Å². The molecular formula is C25H27N3O4S2. The molecule has 0 atom stereocenters. The number of nitrogens with one attached hydrogen (secondary N) is 2. The van der Waals surface area contributed by atoms with Crippen LogP contribution < -0.4 is 10.6 Å². The first-order valence-corrected chi connectivity index (χ1v) is 13.2. The molecule has 9 heteroatoms. The third-order valence-corrected chi connectivity index (χ3v) is 8.28. The molecule has 1 aromatic heterocycles. The van der Waals surface area contributed by atoms with Gasteiger partial charge in [0.05, 0.1) is 16.1 Å². The molecule has 178 valence electrons. The molecular weight excluding hydrogens is 470 g/mol. The van der Waals surface area contributed by atoms with Gasteiger partial charge in [0.25, 0.3) is 11.8 Å². The van der Waals surface area contributed by atoms with Crippen LogP contribution in [0.3, 0.4) is 0 Å². The number of fused-ring (bicyclic) bond motifs is 1. The smallest absolute Gasteiger partial charge is 0.255 e. The molecule has 34 heavy (non-hydrogen) atoms. The van der Waals surface area contributed by atoms with E-state index in [1.54, 1.807) is 47.7 Å². The predicted octanol–water partition coefficient (Wildman–Crippen LogP) is 4.28. The number of rotatable bonds is 5. The van der Waals surface area contributed by atoms with Gasteiger partial charge in [0.1, 0.15) is 0 Å². The Morgan fingerprint density at radius 2 is 1.76 bits per heavy atom. The first kappa shape index (κ1) is 24.1. The van der Waals surface area contributed by atoms with E-state index in [-0.39, 0.29) is 16.4 Å². The fourth-order valence-corrected chi connectivity index (χ4v) is 6.12. The topological polar surface area (TPSA) is 95.6 Å². The molecule has 0 saturated heterocycles. The van der Waals surface area contributed by atoms with E-state index < -0.39 is 21.5 Å². The van der Waals surface area contributed by atoms with Crippen molar-refractivity contribution in [3.63, 3.8) is 0 Å². The SMILES string of the molecule is CC(C)(C)NC(=O)c1ccccc1NC(=O)c1cccc(S(=O)(=O)N2CCc3sccc3C2)c1. The third-order valence-electron chi connectivity index (χ3n) is 5.42. The molecule has 0 saturated carbocycles. The van der Waals surface area contributed by atoms with Gasteiger partial charge in [0, 0.05) is 29.1 Å². The Hall–Kier alpha value is -3.01. The van der Waals surface area contributed by atoms with Crippen LogP contribution in [0.2, 0.25) is 0 Å². The number of hydrogen-bond donors (Lipinski definition) is 2. The van der Waals surface area contributed by atoms with Crippen molar-refractivity contribution >= 4 is 38.9 Å². The zero-order valence-corrected chi connectivity index (χ0v) is 20.9. The van der Waals surface area contributed by atoms with E-state index >= 15 is 0 Å². The van der Waals surface area contributed by atoms with Crippen LogP contribution >= 0.6 is 11.3 Å². The van der Waals surface area contributed by atoms with Crippen LogP contribution in [0.25, 0.3) is 0 Å². The lowest BCUT2D eigenvalue weighted by atomic mass is 10.1. The van der Waals surface area contributed by atoms with Crippen molar-refractivity contribution in [1.82, 2.24) is 9.62 Å². The second-order valence-corrected chi connectivity index (χ2v) is 12.1. The Labute approximate surface area is 203 Å². The number of para-hydroxylation sites is 1. The summed E-state index contributed by atoms with van der Waals surface area (Å²) < 4.78 is 28.0. The molecule has 3 aromatic rings. The molecule has 1 aliphatic rings. The van der Waals surface area contributed by atoms with Crippen molar-refractivity contribution in [2.45, 2.75) is 44.2 Å². The largest absolute Gasteiger partial charge is 0.347 e. The molecule has 0 bridgehead atoms. The summed E-state index contributed by atoms with van der Waals surface area (Å²) in [7, 11) is -3.76. The third kappa shape index (κ3) is 5.22. The lowest BCUT2D eigenvalue weighted by Gasteiger charge is -2.26. The fourth-order valence-electron chi connectivity index (χ4n) is 3.77. The lowest BCUT2D eigenvalue weighted by molar-refractivity contribution is 0.0920. The number of thiophene rings is 1. The number of nitrogens with zero attached hydrogens (tertiary/aromatic N) is 1. The molecule has 0 fully saturated rings. The van der Waals surface area contributed by atoms with Crippen LogP contribution in [-0.4, -0.2) is 36.6 Å². The summed E-state index contributed by atoms with van der Waals surface area (Å²) in [6, 6.07) is 14.7. The number of amides is 2. The van der Waals surface area contributed by atoms with Gasteiger partial charge in [0.2, 0.25) is 10.0 Å². The first-order valence-electron chi connectivity index (χ1n) is 10.9. The maximum atomic E-state index is 13.3. The average molecular weight is 498 g/mol. The van der Waals surface area contributed by atoms with E-state index in [0.717, 1.165) is 5.56 Å². The molecule has 4 rings (SSSR count). The summed E-state index contributed by atoms with van der Waals surface area (Å²) in [5, 5.41) is 7.62. The van der Waals surface area contributed by atoms with Gasteiger partial charge in [-0.2, -0.15) is 4.31 Å². The van der Waals surface area contributed by atoms with E-state index in [0.29, 0.717) is 30.8 Å². The molecule has 2 amide bonds. The van der Waals surface area contributed by atoms with Crippen molar-refractivity contribution in [1.29, 1.82) is 0 Å². The fraction of sp³-hybridized carbons (Fsp3) is 0.280. The molecule has 0 radical (unpaired) electrons. The highest BCUT2D eigenvalue weighted by Gasteiger charge is 2.29. The summed E-state index contributed by atoms with van der Waals surface area (Å²) in [4.78, 5) is 27.0. The molecule has 2 N–H and O–H groups in total. The average Bonchev–Trinajstić information content (AvgIpc) is 3.26. The highest BCUT2D eigenvalue weighted by atomic mass is 32.2. The van der Waals surface area contributed by atoms with Gasteiger partial charge in [-0.1, -0.05) is 18.2 Å². The molecule has 7 nitrogen and oxygen atoms in total. The van der Waals surface area contributed by atoms with Crippen molar-refractivity contribution in [2.24, 2.45) is 0 Å². The normalized spacial score (nSPS) is 14.3. The summed E-state index contributed by atoms with van der Waals surface area (Å²) in [5.41, 5.74) is 1.46. The van der Waals surface area contributed by atoms with Gasteiger partial charge in [-0.25, -0.2) is 8.42 Å². The van der Waals surface area contributed by atoms with Crippen molar-refractivity contribution in [2.75, 3.05) is 11.9 Å². The number of benzene rings is 2. The molecule has 2 aromatic carbocycles. The van der Waals surface area contributed by atoms with E-state index in [9.17, 15) is 18.0 Å². The minimum atomic E-state index is -3.76. The monoisotopic (exact) mass is 497 g/mol. The molecule has 0 aliphatic carbocycles. The Bertz CT molecular complexity index is 1340. The van der Waals surface area contributed by atoms with E-state index in [2.05, 4.69) is 10.6 Å². The summed E-state index contributed by atoms with van der Waals surface area (Å²) in [6.45, 7) is 6.36. The highest BCUT2D eigenvalue weighted by Crippen LogP contribution is 2.28. The van der Waals surface area contributed by atoms with Gasteiger partial charge in [-0.15, -0.1) is 11.3 Å². The van der Waals surface area contributed by atoms with Crippen LogP contribution in [-0.2, 0) is 23.0 Å². The van der Waals surface area contributed by atoms with Crippen LogP contribution in [0.5, 0.6) is 0 Å². The van der Waals surface area contributed by atoms with Crippen LogP contribution in [0.15, 0.2) is 64.9 Å². The summed E-state index contributed by atoms with van der Waals surface area (Å²) >= 11 is 1.64. The first-order chi connectivity index (χ1) is 16.0. The van der Waals surface area contributed by atoms with Gasteiger partial charge in [-0.05, 0) is 74.5 Å². The standard InChI is InChI=1S/C25H27N3O4S2/c1-25(2,3)27-24(30)20-9-4-5-10-21(20)26-23(29)17-7-6-8-19(15-17)34(31,32)28-13-11-22-18(16-28)12-14-33-22/h4-10,12,14-15H,11,13,16H2,1-3H3,(H,26,29)(H,27,30). The Balaban J connectivity index is 1.55. The summed E-state index contributed by atoms with van der Waals surface area (Å²) in [6.07, 6.45) is 0.680. The van der Waals surface area contributed by atoms with Crippen LogP contribution in [0, 0.1) is 0 Å². The Morgan fingerprint density at radius 1 is 1.00 bits per heavy atom. The molecule has 1 aliphatic heterocycles. The number of sulfonamides is 1. The van der Waals surface area contributed by atoms with Gasteiger partial charge in [0.15, 0.2) is 0 Å². The maximum absolute atomic E-state index is 13.3. The number of anilines is 1. The van der Waals surface area contributed by atoms with Gasteiger partial charge >= 0.3 is 0 Å². The minimum Gasteiger partial charge on any atom is -0.347 e. The maximum Gasteiger partial charge on any atom is 0.255 e. The van der Waals surface area contributed by atoms with E-state index in [4.69, 9.17) is 0 Å². The number of carbonyl (C=O) groups is 2. The lowest BCUT2D eigenvalue weighted by Crippen LogP contribution is -2.40. The zero-order valence-electron chi connectivity index (χ0n) is 19.3. The van der Waals surface area contributed by atoms with Crippen molar-refractivity contribution < 1.29 is 18.0 Å². The van der Waals surface area contributed by atoms with Crippen LogP contribution in [0.4, 0.5) is 5.69 Å². The quantitative estimate of drug-likeness (QED) is 0.550. The van der Waals surface area contributed by atoms with Gasteiger partial charge in [-0.3, -0.25) is 9.59 Å². The van der Waals surface area contributed by atoms with Crippen LogP contribution in [0.1, 0.15) is 51.9 Å². The second kappa shape index (κ2) is 9.32. The number of carbonyl (C=O) groups excluding carboxylic acids is 2. The summed E-state index contributed by atoms with van der Waals surface area (Å²) in [5.74, 6) is -0.801. The number of hydrogen-bond acceptors (Lipinski definition) is 5. The predicted molar refractivity (Wildman–Crippen MR) is 134 cm³/mol. The van der Waals surface area contributed by atoms with Gasteiger partial charge < -0.3 is 10.6 Å². The molecule has 2 heterocycles. The van der Waals surface area contributed by atoms with Crippen molar-refractivity contribution in [3.8, 4) is 0 Å².